The fourth-order valence-electron chi connectivity index (χ4n) is 4.67. The first-order chi connectivity index (χ1) is 17.6. The van der Waals surface area contributed by atoms with Crippen LogP contribution in [-0.4, -0.2) is 31.1 Å². The van der Waals surface area contributed by atoms with Crippen molar-refractivity contribution in [2.24, 2.45) is 0 Å². The molecule has 3 aromatic carbocycles. The third-order valence-electron chi connectivity index (χ3n) is 6.64. The lowest BCUT2D eigenvalue weighted by molar-refractivity contribution is 0.0730. The maximum absolute atomic E-state index is 13.6. The predicted molar refractivity (Wildman–Crippen MR) is 139 cm³/mol. The molecule has 184 valence electrons. The molecule has 0 aliphatic carbocycles. The molecule has 0 saturated heterocycles. The van der Waals surface area contributed by atoms with Crippen molar-refractivity contribution in [3.63, 3.8) is 0 Å². The monoisotopic (exact) mass is 483 g/mol. The fraction of sp³-hybridized carbons (Fsp3) is 0.267. The number of nitrogens with zero attached hydrogens (tertiary/aromatic N) is 1. The zero-order chi connectivity index (χ0) is 25.1. The van der Waals surface area contributed by atoms with Crippen molar-refractivity contribution < 1.29 is 18.7 Å². The Morgan fingerprint density at radius 1 is 0.917 bits per heavy atom. The highest BCUT2D eigenvalue weighted by atomic mass is 16.5. The van der Waals surface area contributed by atoms with Gasteiger partial charge in [-0.1, -0.05) is 49.7 Å². The Balaban J connectivity index is 1.52. The zero-order valence-corrected chi connectivity index (χ0v) is 20.5. The molecule has 36 heavy (non-hydrogen) atoms. The molecule has 1 unspecified atom stereocenters. The topological polar surface area (TPSA) is 69.0 Å². The minimum absolute atomic E-state index is 0.127. The van der Waals surface area contributed by atoms with E-state index >= 15 is 0 Å². The normalized spacial score (nSPS) is 14.8. The molecule has 1 atom stereocenters. The van der Waals surface area contributed by atoms with Crippen LogP contribution in [0.25, 0.3) is 11.0 Å². The van der Waals surface area contributed by atoms with Gasteiger partial charge in [0.05, 0.1) is 30.7 Å². The van der Waals surface area contributed by atoms with Gasteiger partial charge in [-0.2, -0.15) is 0 Å². The number of carbonyl (C=O) groups excluding carboxylic acids is 1. The van der Waals surface area contributed by atoms with Crippen LogP contribution >= 0.6 is 0 Å². The molecule has 1 aliphatic heterocycles. The summed E-state index contributed by atoms with van der Waals surface area (Å²) in [7, 11) is 1.63. The second kappa shape index (κ2) is 10.3. The lowest BCUT2D eigenvalue weighted by Gasteiger charge is -2.25. The van der Waals surface area contributed by atoms with Gasteiger partial charge in [0.1, 0.15) is 17.1 Å². The van der Waals surface area contributed by atoms with Gasteiger partial charge in [0.25, 0.3) is 5.91 Å². The zero-order valence-electron chi connectivity index (χ0n) is 20.5. The Kier molecular flexibility index (Phi) is 6.76. The summed E-state index contributed by atoms with van der Waals surface area (Å²) in [5, 5.41) is 0.477. The minimum atomic E-state index is -0.531. The first-order valence-electron chi connectivity index (χ1n) is 12.3. The Bertz CT molecular complexity index is 1420. The molecule has 4 aromatic rings. The molecule has 0 radical (unpaired) electrons. The van der Waals surface area contributed by atoms with E-state index in [2.05, 4.69) is 6.92 Å². The number of fused-ring (bicyclic) bond motifs is 2. The third-order valence-corrected chi connectivity index (χ3v) is 6.64. The molecular formula is C30H29NO5. The molecule has 6 nitrogen and oxygen atoms in total. The van der Waals surface area contributed by atoms with Crippen LogP contribution in [0.3, 0.4) is 0 Å². The predicted octanol–water partition coefficient (Wildman–Crippen LogP) is 5.77. The van der Waals surface area contributed by atoms with Gasteiger partial charge >= 0.3 is 0 Å². The van der Waals surface area contributed by atoms with E-state index in [9.17, 15) is 9.59 Å². The van der Waals surface area contributed by atoms with Gasteiger partial charge in [0.15, 0.2) is 5.43 Å². The Morgan fingerprint density at radius 3 is 2.36 bits per heavy atom. The Morgan fingerprint density at radius 2 is 1.64 bits per heavy atom. The quantitative estimate of drug-likeness (QED) is 0.283. The van der Waals surface area contributed by atoms with Gasteiger partial charge in [-0.25, -0.2) is 0 Å². The van der Waals surface area contributed by atoms with E-state index in [1.807, 2.05) is 48.5 Å². The second-order valence-corrected chi connectivity index (χ2v) is 8.94. The van der Waals surface area contributed by atoms with E-state index in [4.69, 9.17) is 13.9 Å². The summed E-state index contributed by atoms with van der Waals surface area (Å²) in [5.74, 6) is 1.41. The van der Waals surface area contributed by atoms with Crippen molar-refractivity contribution in [3.05, 3.63) is 105 Å². The largest absolute Gasteiger partial charge is 0.497 e. The van der Waals surface area contributed by atoms with Crippen molar-refractivity contribution in [2.75, 3.05) is 20.3 Å². The highest BCUT2D eigenvalue weighted by molar-refractivity contribution is 5.99. The molecule has 0 saturated carbocycles. The lowest BCUT2D eigenvalue weighted by atomic mass is 9.98. The first-order valence-corrected chi connectivity index (χ1v) is 12.3. The summed E-state index contributed by atoms with van der Waals surface area (Å²) in [6.45, 7) is 3.21. The van der Waals surface area contributed by atoms with Crippen molar-refractivity contribution in [1.82, 2.24) is 4.90 Å². The number of benzene rings is 3. The Hall–Kier alpha value is -4.06. The van der Waals surface area contributed by atoms with Crippen LogP contribution in [0.4, 0.5) is 0 Å². The number of amides is 1. The van der Waals surface area contributed by atoms with Gasteiger partial charge in [0.2, 0.25) is 5.76 Å². The first kappa shape index (κ1) is 23.7. The van der Waals surface area contributed by atoms with Gasteiger partial charge in [-0.05, 0) is 60.4 Å². The summed E-state index contributed by atoms with van der Waals surface area (Å²) >= 11 is 0. The number of rotatable bonds is 9. The molecule has 6 heteroatoms. The average Bonchev–Trinajstić information content (AvgIpc) is 3.20. The standard InChI is InChI=1S/C30H29NO5/c1-3-4-19-35-23-15-11-21(12-16-23)27-26-28(32)24-7-5-6-8-25(24)36-29(26)30(33)31(27)18-17-20-9-13-22(34-2)14-10-20/h5-16,27H,3-4,17-19H2,1-2H3. The molecule has 2 heterocycles. The fourth-order valence-corrected chi connectivity index (χ4v) is 4.67. The number of methoxy groups -OCH3 is 1. The van der Waals surface area contributed by atoms with Crippen molar-refractivity contribution in [3.8, 4) is 11.5 Å². The molecule has 1 aliphatic rings. The molecular weight excluding hydrogens is 454 g/mol. The van der Waals surface area contributed by atoms with Gasteiger partial charge in [-0.3, -0.25) is 9.59 Å². The average molecular weight is 484 g/mol. The van der Waals surface area contributed by atoms with E-state index in [1.54, 1.807) is 36.3 Å². The lowest BCUT2D eigenvalue weighted by Crippen LogP contribution is -2.31. The SMILES string of the molecule is CCCCOc1ccc(C2c3c(oc4ccccc4c3=O)C(=O)N2CCc2ccc(OC)cc2)cc1. The molecule has 0 bridgehead atoms. The van der Waals surface area contributed by atoms with Crippen LogP contribution in [-0.2, 0) is 6.42 Å². The van der Waals surface area contributed by atoms with E-state index in [-0.39, 0.29) is 17.1 Å². The van der Waals surface area contributed by atoms with Crippen LogP contribution in [0.5, 0.6) is 11.5 Å². The number of ether oxygens (including phenoxy) is 2. The van der Waals surface area contributed by atoms with Gasteiger partial charge in [0, 0.05) is 6.54 Å². The third kappa shape index (κ3) is 4.47. The summed E-state index contributed by atoms with van der Waals surface area (Å²) in [5.41, 5.74) is 2.57. The van der Waals surface area contributed by atoms with Crippen LogP contribution in [0, 0.1) is 0 Å². The maximum atomic E-state index is 13.6. The van der Waals surface area contributed by atoms with Gasteiger partial charge < -0.3 is 18.8 Å². The Labute approximate surface area is 210 Å². The number of hydrogen-bond acceptors (Lipinski definition) is 5. The molecule has 0 fully saturated rings. The molecule has 1 amide bonds. The van der Waals surface area contributed by atoms with Crippen LogP contribution in [0.2, 0.25) is 0 Å². The van der Waals surface area contributed by atoms with E-state index in [0.717, 1.165) is 35.5 Å². The van der Waals surface area contributed by atoms with E-state index < -0.39 is 6.04 Å². The van der Waals surface area contributed by atoms with Gasteiger partial charge in [-0.15, -0.1) is 0 Å². The molecule has 0 N–H and O–H groups in total. The molecule has 5 rings (SSSR count). The highest BCUT2D eigenvalue weighted by Gasteiger charge is 2.42. The molecule has 1 aromatic heterocycles. The van der Waals surface area contributed by atoms with E-state index in [1.165, 1.54) is 0 Å². The second-order valence-electron chi connectivity index (χ2n) is 8.94. The van der Waals surface area contributed by atoms with Crippen molar-refractivity contribution in [1.29, 1.82) is 0 Å². The van der Waals surface area contributed by atoms with Crippen LogP contribution in [0.1, 0.15) is 53.1 Å². The van der Waals surface area contributed by atoms with Crippen LogP contribution < -0.4 is 14.9 Å². The summed E-state index contributed by atoms with van der Waals surface area (Å²) in [6, 6.07) is 22.0. The highest BCUT2D eigenvalue weighted by Crippen LogP contribution is 2.38. The minimum Gasteiger partial charge on any atom is -0.497 e. The number of hydrogen-bond donors (Lipinski definition) is 0. The van der Waals surface area contributed by atoms with Crippen molar-refractivity contribution >= 4 is 16.9 Å². The maximum Gasteiger partial charge on any atom is 0.290 e. The molecule has 0 spiro atoms. The number of para-hydroxylation sites is 1. The van der Waals surface area contributed by atoms with Crippen LogP contribution in [0.15, 0.2) is 82.0 Å². The number of unbranched alkanes of at least 4 members (excludes halogenated alkanes) is 1. The van der Waals surface area contributed by atoms with Crippen molar-refractivity contribution in [2.45, 2.75) is 32.2 Å². The smallest absolute Gasteiger partial charge is 0.290 e. The van der Waals surface area contributed by atoms with E-state index in [0.29, 0.717) is 36.1 Å². The summed E-state index contributed by atoms with van der Waals surface area (Å²) in [6.07, 6.45) is 2.68. The number of carbonyl (C=O) groups is 1. The summed E-state index contributed by atoms with van der Waals surface area (Å²) in [4.78, 5) is 28.9. The summed E-state index contributed by atoms with van der Waals surface area (Å²) < 4.78 is 17.1.